The van der Waals surface area contributed by atoms with E-state index in [1.54, 1.807) is 0 Å². The van der Waals surface area contributed by atoms with Gasteiger partial charge in [-0.3, -0.25) is 0 Å². The molecule has 0 spiro atoms. The quantitative estimate of drug-likeness (QED) is 0.560. The lowest BCUT2D eigenvalue weighted by Crippen LogP contribution is -2.45. The molecule has 0 fully saturated rings. The molecule has 0 aliphatic heterocycles. The van der Waals surface area contributed by atoms with Crippen LogP contribution in [0, 0.1) is 0 Å². The Hall–Kier alpha value is -2.50. The maximum absolute atomic E-state index is 5.36. The number of para-hydroxylation sites is 1. The molecule has 0 radical (unpaired) electrons. The van der Waals surface area contributed by atoms with E-state index in [9.17, 15) is 0 Å². The zero-order valence-electron chi connectivity index (χ0n) is 16.5. The van der Waals surface area contributed by atoms with Gasteiger partial charge in [-0.25, -0.2) is 4.99 Å². The molecule has 1 aromatic heterocycles. The minimum absolute atomic E-state index is 0.319. The highest BCUT2D eigenvalue weighted by atomic mass is 16.5. The van der Waals surface area contributed by atoms with E-state index in [0.717, 1.165) is 30.5 Å². The van der Waals surface area contributed by atoms with Crippen LogP contribution in [0.1, 0.15) is 45.1 Å². The third-order valence-electron chi connectivity index (χ3n) is 4.30. The van der Waals surface area contributed by atoms with Crippen LogP contribution in [0.2, 0.25) is 0 Å². The molecule has 6 heteroatoms. The smallest absolute Gasteiger partial charge is 0.191 e. The van der Waals surface area contributed by atoms with Crippen LogP contribution in [-0.2, 0) is 6.54 Å². The predicted octanol–water partition coefficient (Wildman–Crippen LogP) is 3.38. The van der Waals surface area contributed by atoms with Crippen LogP contribution in [0.15, 0.2) is 45.9 Å². The molecule has 2 aromatic rings. The molecule has 142 valence electrons. The number of guanidine groups is 1. The lowest BCUT2D eigenvalue weighted by Gasteiger charge is -2.27. The van der Waals surface area contributed by atoms with E-state index >= 15 is 0 Å². The monoisotopic (exact) mass is 357 g/mol. The standard InChI is InChI=1S/C20H31N5O/c1-6-21-20(23-14-18-12-19(15(2)3)24-26-18)22-13-16(4)25(5)17-10-8-7-9-11-17/h7-12,15-16H,6,13-14H2,1-5H3,(H2,21,22,23). The Morgan fingerprint density at radius 3 is 2.54 bits per heavy atom. The van der Waals surface area contributed by atoms with Gasteiger partial charge >= 0.3 is 0 Å². The summed E-state index contributed by atoms with van der Waals surface area (Å²) in [4.78, 5) is 6.85. The third kappa shape index (κ3) is 5.79. The molecule has 0 amide bonds. The summed E-state index contributed by atoms with van der Waals surface area (Å²) in [5.41, 5.74) is 2.16. The topological polar surface area (TPSA) is 65.7 Å². The van der Waals surface area contributed by atoms with E-state index in [4.69, 9.17) is 4.52 Å². The predicted molar refractivity (Wildman–Crippen MR) is 108 cm³/mol. The molecular weight excluding hydrogens is 326 g/mol. The molecule has 26 heavy (non-hydrogen) atoms. The number of anilines is 1. The van der Waals surface area contributed by atoms with E-state index in [-0.39, 0.29) is 0 Å². The van der Waals surface area contributed by atoms with E-state index in [0.29, 0.717) is 18.5 Å². The number of benzene rings is 1. The van der Waals surface area contributed by atoms with Gasteiger partial charge in [-0.1, -0.05) is 37.2 Å². The molecule has 0 bridgehead atoms. The number of likely N-dealkylation sites (N-methyl/N-ethyl adjacent to an activating group) is 1. The second-order valence-electron chi connectivity index (χ2n) is 6.74. The van der Waals surface area contributed by atoms with Crippen molar-refractivity contribution in [1.29, 1.82) is 0 Å². The first-order chi connectivity index (χ1) is 12.5. The Morgan fingerprint density at radius 2 is 1.92 bits per heavy atom. The van der Waals surface area contributed by atoms with Crippen LogP contribution in [0.4, 0.5) is 5.69 Å². The van der Waals surface area contributed by atoms with Gasteiger partial charge < -0.3 is 20.1 Å². The summed E-state index contributed by atoms with van der Waals surface area (Å²) in [5, 5.41) is 10.8. The van der Waals surface area contributed by atoms with Gasteiger partial charge in [0.05, 0.1) is 5.69 Å². The van der Waals surface area contributed by atoms with Gasteiger partial charge in [-0.05, 0) is 31.9 Å². The van der Waals surface area contributed by atoms with E-state index in [1.807, 2.05) is 12.1 Å². The van der Waals surface area contributed by atoms with Crippen LogP contribution in [0.25, 0.3) is 0 Å². The maximum atomic E-state index is 5.36. The van der Waals surface area contributed by atoms with Crippen LogP contribution >= 0.6 is 0 Å². The molecule has 0 aliphatic rings. The average Bonchev–Trinajstić information content (AvgIpc) is 3.13. The number of hydrogen-bond donors (Lipinski definition) is 2. The molecule has 1 unspecified atom stereocenters. The summed E-state index contributed by atoms with van der Waals surface area (Å²) in [5.74, 6) is 1.92. The van der Waals surface area contributed by atoms with Gasteiger partial charge in [0, 0.05) is 37.9 Å². The van der Waals surface area contributed by atoms with Crippen molar-refractivity contribution < 1.29 is 4.52 Å². The molecule has 2 rings (SSSR count). The minimum atomic E-state index is 0.319. The molecule has 1 atom stereocenters. The van der Waals surface area contributed by atoms with E-state index in [1.165, 1.54) is 5.69 Å². The average molecular weight is 358 g/mol. The molecule has 6 nitrogen and oxygen atoms in total. The number of nitrogens with zero attached hydrogens (tertiary/aromatic N) is 3. The second-order valence-corrected chi connectivity index (χ2v) is 6.74. The molecule has 0 saturated carbocycles. The van der Waals surface area contributed by atoms with Gasteiger partial charge in [0.2, 0.25) is 0 Å². The fraction of sp³-hybridized carbons (Fsp3) is 0.500. The van der Waals surface area contributed by atoms with Crippen molar-refractivity contribution in [2.24, 2.45) is 4.99 Å². The highest BCUT2D eigenvalue weighted by Crippen LogP contribution is 2.15. The number of aliphatic imine (C=N–C) groups is 1. The van der Waals surface area contributed by atoms with Crippen molar-refractivity contribution in [2.75, 3.05) is 25.0 Å². The number of nitrogens with one attached hydrogen (secondary N) is 2. The van der Waals surface area contributed by atoms with Crippen molar-refractivity contribution in [3.8, 4) is 0 Å². The summed E-state index contributed by atoms with van der Waals surface area (Å²) < 4.78 is 5.36. The Labute approximate surface area is 156 Å². The SMILES string of the molecule is CCNC(=NCc1cc(C(C)C)no1)NCC(C)N(C)c1ccccc1. The maximum Gasteiger partial charge on any atom is 0.191 e. The highest BCUT2D eigenvalue weighted by molar-refractivity contribution is 5.79. The van der Waals surface area contributed by atoms with E-state index < -0.39 is 0 Å². The van der Waals surface area contributed by atoms with Gasteiger partial charge in [-0.2, -0.15) is 0 Å². The van der Waals surface area contributed by atoms with Crippen molar-refractivity contribution in [2.45, 2.75) is 46.2 Å². The summed E-state index contributed by atoms with van der Waals surface area (Å²) in [6.45, 7) is 10.5. The first-order valence-corrected chi connectivity index (χ1v) is 9.26. The second kappa shape index (κ2) is 9.85. The number of hydrogen-bond acceptors (Lipinski definition) is 4. The molecular formula is C20H31N5O. The Kier molecular flexibility index (Phi) is 7.51. The zero-order chi connectivity index (χ0) is 18.9. The van der Waals surface area contributed by atoms with Crippen molar-refractivity contribution in [3.05, 3.63) is 47.9 Å². The Morgan fingerprint density at radius 1 is 1.19 bits per heavy atom. The van der Waals surface area contributed by atoms with E-state index in [2.05, 4.69) is 84.7 Å². The summed E-state index contributed by atoms with van der Waals surface area (Å²) in [6, 6.07) is 12.7. The van der Waals surface area contributed by atoms with Crippen LogP contribution in [0.5, 0.6) is 0 Å². The third-order valence-corrected chi connectivity index (χ3v) is 4.30. The van der Waals surface area contributed by atoms with Gasteiger partial charge in [0.1, 0.15) is 6.54 Å². The lowest BCUT2D eigenvalue weighted by atomic mass is 10.1. The van der Waals surface area contributed by atoms with Gasteiger partial charge in [0.15, 0.2) is 11.7 Å². The molecule has 1 aromatic carbocycles. The van der Waals surface area contributed by atoms with Crippen LogP contribution in [-0.4, -0.2) is 37.3 Å². The number of rotatable bonds is 8. The van der Waals surface area contributed by atoms with Gasteiger partial charge in [-0.15, -0.1) is 0 Å². The van der Waals surface area contributed by atoms with Gasteiger partial charge in [0.25, 0.3) is 0 Å². The molecule has 2 N–H and O–H groups in total. The molecule has 1 heterocycles. The lowest BCUT2D eigenvalue weighted by molar-refractivity contribution is 0.376. The van der Waals surface area contributed by atoms with Crippen molar-refractivity contribution >= 4 is 11.6 Å². The fourth-order valence-electron chi connectivity index (χ4n) is 2.47. The molecule has 0 aliphatic carbocycles. The first-order valence-electron chi connectivity index (χ1n) is 9.26. The first kappa shape index (κ1) is 19.8. The summed E-state index contributed by atoms with van der Waals surface area (Å²) >= 11 is 0. The normalized spacial score (nSPS) is 12.9. The highest BCUT2D eigenvalue weighted by Gasteiger charge is 2.11. The largest absolute Gasteiger partial charge is 0.370 e. The molecule has 0 saturated heterocycles. The minimum Gasteiger partial charge on any atom is -0.370 e. The van der Waals surface area contributed by atoms with Crippen LogP contribution in [0.3, 0.4) is 0 Å². The fourth-order valence-corrected chi connectivity index (χ4v) is 2.47. The summed E-state index contributed by atoms with van der Waals surface area (Å²) in [6.07, 6.45) is 0. The van der Waals surface area contributed by atoms with Crippen LogP contribution < -0.4 is 15.5 Å². The Bertz CT molecular complexity index is 681. The van der Waals surface area contributed by atoms with Crippen molar-refractivity contribution in [1.82, 2.24) is 15.8 Å². The zero-order valence-corrected chi connectivity index (χ0v) is 16.5. The number of aromatic nitrogens is 1. The summed E-state index contributed by atoms with van der Waals surface area (Å²) in [7, 11) is 2.10. The Balaban J connectivity index is 1.92. The van der Waals surface area contributed by atoms with Crippen molar-refractivity contribution in [3.63, 3.8) is 0 Å².